The lowest BCUT2D eigenvalue weighted by molar-refractivity contribution is 0.812. The number of thiophene rings is 1. The molecule has 0 N–H and O–H groups in total. The second kappa shape index (κ2) is 10.1. The molecule has 6 rings (SSSR count). The zero-order chi connectivity index (χ0) is 27.3. The second-order valence-electron chi connectivity index (χ2n) is 11.5. The van der Waals surface area contributed by atoms with Crippen LogP contribution in [0.25, 0.3) is 49.3 Å². The van der Waals surface area contributed by atoms with Crippen molar-refractivity contribution in [1.82, 2.24) is 9.55 Å². The van der Waals surface area contributed by atoms with E-state index in [4.69, 9.17) is 4.98 Å². The van der Waals surface area contributed by atoms with Gasteiger partial charge < -0.3 is 0 Å². The number of rotatable bonds is 6. The normalized spacial score (nSPS) is 12.0. The van der Waals surface area contributed by atoms with E-state index in [0.717, 1.165) is 16.9 Å². The van der Waals surface area contributed by atoms with Gasteiger partial charge in [-0.05, 0) is 75.9 Å². The average Bonchev–Trinajstić information content (AvgIpc) is 3.53. The fourth-order valence-corrected chi connectivity index (χ4v) is 6.61. The quantitative estimate of drug-likeness (QED) is 0.210. The molecular weight excluding hydrogens is 492 g/mol. The fourth-order valence-electron chi connectivity index (χ4n) is 5.63. The molecule has 0 unspecified atom stereocenters. The summed E-state index contributed by atoms with van der Waals surface area (Å²) in [5, 5.41) is 3.58. The van der Waals surface area contributed by atoms with Gasteiger partial charge in [-0.1, -0.05) is 96.1 Å². The molecule has 6 aromatic rings. The first-order valence-electron chi connectivity index (χ1n) is 14.1. The first-order valence-corrected chi connectivity index (χ1v) is 14.9. The van der Waals surface area contributed by atoms with Crippen molar-refractivity contribution in [2.45, 2.75) is 59.3 Å². The number of para-hydroxylation sites is 2. The molecule has 0 spiro atoms. The minimum atomic E-state index is 0.350. The largest absolute Gasteiger partial charge is 0.292 e. The van der Waals surface area contributed by atoms with Crippen molar-refractivity contribution in [3.63, 3.8) is 0 Å². The van der Waals surface area contributed by atoms with E-state index >= 15 is 0 Å². The van der Waals surface area contributed by atoms with Crippen molar-refractivity contribution in [3.05, 3.63) is 107 Å². The zero-order valence-corrected chi connectivity index (χ0v) is 24.5. The van der Waals surface area contributed by atoms with Gasteiger partial charge >= 0.3 is 0 Å². The van der Waals surface area contributed by atoms with E-state index in [1.54, 1.807) is 0 Å². The highest BCUT2D eigenvalue weighted by atomic mass is 32.1. The third-order valence-corrected chi connectivity index (χ3v) is 8.76. The van der Waals surface area contributed by atoms with E-state index in [9.17, 15) is 0 Å². The lowest BCUT2D eigenvalue weighted by atomic mass is 9.88. The fraction of sp³-hybridized carbons (Fsp3) is 0.250. The van der Waals surface area contributed by atoms with Gasteiger partial charge in [0, 0.05) is 21.0 Å². The Bertz CT molecular complexity index is 1750. The third kappa shape index (κ3) is 4.49. The van der Waals surface area contributed by atoms with Crippen molar-refractivity contribution in [2.24, 2.45) is 0 Å². The highest BCUT2D eigenvalue weighted by Gasteiger charge is 2.24. The van der Waals surface area contributed by atoms with Gasteiger partial charge in [0.25, 0.3) is 0 Å². The van der Waals surface area contributed by atoms with Crippen LogP contribution in [0.15, 0.2) is 90.3 Å². The van der Waals surface area contributed by atoms with E-state index < -0.39 is 0 Å². The van der Waals surface area contributed by atoms with Crippen molar-refractivity contribution >= 4 is 32.5 Å². The Morgan fingerprint density at radius 3 is 2.00 bits per heavy atom. The maximum absolute atomic E-state index is 5.29. The van der Waals surface area contributed by atoms with E-state index in [2.05, 4.69) is 136 Å². The Balaban J connectivity index is 1.68. The number of hydrogen-bond donors (Lipinski definition) is 0. The van der Waals surface area contributed by atoms with E-state index in [-0.39, 0.29) is 0 Å². The molecule has 0 amide bonds. The number of fused-ring (bicyclic) bond motifs is 2. The third-order valence-electron chi connectivity index (χ3n) is 7.81. The number of nitrogens with zero attached hydrogens (tertiary/aromatic N) is 2. The summed E-state index contributed by atoms with van der Waals surface area (Å²) in [6.45, 7) is 13.8. The molecular formula is C36H36N2S. The van der Waals surface area contributed by atoms with E-state index in [0.29, 0.717) is 17.8 Å². The van der Waals surface area contributed by atoms with Crippen LogP contribution in [-0.4, -0.2) is 9.55 Å². The Labute approximate surface area is 236 Å². The van der Waals surface area contributed by atoms with Crippen LogP contribution in [-0.2, 0) is 0 Å². The lowest BCUT2D eigenvalue weighted by Gasteiger charge is -2.24. The molecule has 0 saturated heterocycles. The van der Waals surface area contributed by atoms with Crippen LogP contribution < -0.4 is 0 Å². The summed E-state index contributed by atoms with van der Waals surface area (Å²) in [6, 6.07) is 31.1. The molecule has 0 bridgehead atoms. The van der Waals surface area contributed by atoms with E-state index in [1.807, 2.05) is 11.3 Å². The molecule has 2 nitrogen and oxygen atoms in total. The molecule has 0 atom stereocenters. The van der Waals surface area contributed by atoms with E-state index in [1.165, 1.54) is 49.2 Å². The smallest absolute Gasteiger partial charge is 0.147 e. The monoisotopic (exact) mass is 528 g/mol. The predicted molar refractivity (Wildman–Crippen MR) is 170 cm³/mol. The highest BCUT2D eigenvalue weighted by Crippen LogP contribution is 2.42. The van der Waals surface area contributed by atoms with Crippen molar-refractivity contribution in [2.75, 3.05) is 0 Å². The topological polar surface area (TPSA) is 17.8 Å². The summed E-state index contributed by atoms with van der Waals surface area (Å²) in [5.74, 6) is 2.23. The molecule has 2 heterocycles. The Kier molecular flexibility index (Phi) is 6.64. The Morgan fingerprint density at radius 2 is 1.33 bits per heavy atom. The first kappa shape index (κ1) is 25.6. The zero-order valence-electron chi connectivity index (χ0n) is 23.7. The van der Waals surface area contributed by atoms with Crippen LogP contribution in [0.4, 0.5) is 0 Å². The van der Waals surface area contributed by atoms with Crippen molar-refractivity contribution in [1.29, 1.82) is 0 Å². The van der Waals surface area contributed by atoms with Crippen molar-refractivity contribution < 1.29 is 0 Å². The number of aromatic nitrogens is 2. The second-order valence-corrected chi connectivity index (χ2v) is 12.4. The van der Waals surface area contributed by atoms with Crippen LogP contribution in [0.5, 0.6) is 0 Å². The molecule has 0 saturated carbocycles. The lowest BCUT2D eigenvalue weighted by Crippen LogP contribution is -2.09. The molecule has 0 aliphatic rings. The maximum atomic E-state index is 5.29. The van der Waals surface area contributed by atoms with Gasteiger partial charge in [0.2, 0.25) is 0 Å². The van der Waals surface area contributed by atoms with Crippen LogP contribution >= 0.6 is 11.3 Å². The van der Waals surface area contributed by atoms with Gasteiger partial charge in [-0.3, -0.25) is 4.57 Å². The summed E-state index contributed by atoms with van der Waals surface area (Å²) in [6.07, 6.45) is 0. The molecule has 196 valence electrons. The van der Waals surface area contributed by atoms with Gasteiger partial charge in [0.05, 0.1) is 16.7 Å². The SMILES string of the molecule is CC(C)c1ccc2c(-c3nc4ccccc4n3-c3c(C(C)C)cc(-c4ccccc4)cc3C(C)C)csc2c1. The van der Waals surface area contributed by atoms with Crippen LogP contribution in [0, 0.1) is 0 Å². The van der Waals surface area contributed by atoms with Gasteiger partial charge in [0.15, 0.2) is 0 Å². The minimum Gasteiger partial charge on any atom is -0.292 e. The number of hydrogen-bond acceptors (Lipinski definition) is 2. The minimum absolute atomic E-state index is 0.350. The number of benzene rings is 4. The highest BCUT2D eigenvalue weighted by molar-refractivity contribution is 7.17. The molecule has 0 aliphatic heterocycles. The Morgan fingerprint density at radius 1 is 0.667 bits per heavy atom. The molecule has 0 fully saturated rings. The molecule has 3 heteroatoms. The molecule has 2 aromatic heterocycles. The van der Waals surface area contributed by atoms with Crippen LogP contribution in [0.3, 0.4) is 0 Å². The standard InChI is InChI=1S/C36H36N2S/c1-22(2)26-16-17-28-31(21-39-34(28)20-26)36-37-32-14-10-11-15-33(32)38(36)35-29(23(3)4)18-27(19-30(35)24(5)6)25-12-8-7-9-13-25/h7-24H,1-6H3. The van der Waals surface area contributed by atoms with Crippen LogP contribution in [0.1, 0.15) is 76.0 Å². The molecule has 0 aliphatic carbocycles. The predicted octanol–water partition coefficient (Wildman–Crippen LogP) is 10.9. The molecule has 4 aromatic carbocycles. The summed E-state index contributed by atoms with van der Waals surface area (Å²) in [4.78, 5) is 5.29. The van der Waals surface area contributed by atoms with Crippen molar-refractivity contribution in [3.8, 4) is 28.2 Å². The van der Waals surface area contributed by atoms with Crippen LogP contribution in [0.2, 0.25) is 0 Å². The molecule has 0 radical (unpaired) electrons. The first-order chi connectivity index (χ1) is 18.8. The molecule has 39 heavy (non-hydrogen) atoms. The van der Waals surface area contributed by atoms with Gasteiger partial charge in [-0.15, -0.1) is 11.3 Å². The summed E-state index contributed by atoms with van der Waals surface area (Å²) in [5.41, 5.74) is 11.3. The Hall–Kier alpha value is -3.69. The summed E-state index contributed by atoms with van der Waals surface area (Å²) >= 11 is 1.82. The van der Waals surface area contributed by atoms with Gasteiger partial charge in [-0.2, -0.15) is 0 Å². The van der Waals surface area contributed by atoms with Gasteiger partial charge in [0.1, 0.15) is 5.82 Å². The summed E-state index contributed by atoms with van der Waals surface area (Å²) in [7, 11) is 0. The number of imidazole rings is 1. The maximum Gasteiger partial charge on any atom is 0.147 e. The van der Waals surface area contributed by atoms with Gasteiger partial charge in [-0.25, -0.2) is 4.98 Å². The summed E-state index contributed by atoms with van der Waals surface area (Å²) < 4.78 is 3.77. The average molecular weight is 529 g/mol.